The average Bonchev–Trinajstić information content (AvgIpc) is 2.77. The molecule has 9 heteroatoms. The van der Waals surface area contributed by atoms with Crippen molar-refractivity contribution in [3.05, 3.63) is 0 Å². The molecular formula is C12H18F6N2O. The third-order valence-corrected chi connectivity index (χ3v) is 3.31. The van der Waals surface area contributed by atoms with E-state index in [0.29, 0.717) is 24.3 Å². The van der Waals surface area contributed by atoms with Crippen LogP contribution in [0.15, 0.2) is 0 Å². The highest BCUT2D eigenvalue weighted by molar-refractivity contribution is 5.80. The Balaban J connectivity index is 2.90. The first-order chi connectivity index (χ1) is 9.57. The lowest BCUT2D eigenvalue weighted by atomic mass is 10.1. The second kappa shape index (κ2) is 6.85. The molecule has 0 aromatic rings. The third-order valence-electron chi connectivity index (χ3n) is 3.31. The fourth-order valence-corrected chi connectivity index (χ4v) is 2.39. The van der Waals surface area contributed by atoms with Crippen LogP contribution in [0.2, 0.25) is 0 Å². The van der Waals surface area contributed by atoms with Crippen molar-refractivity contribution in [3.63, 3.8) is 0 Å². The van der Waals surface area contributed by atoms with Gasteiger partial charge in [0.2, 0.25) is 11.8 Å². The highest BCUT2D eigenvalue weighted by Crippen LogP contribution is 2.40. The van der Waals surface area contributed by atoms with Crippen molar-refractivity contribution >= 4 is 5.91 Å². The second-order valence-electron chi connectivity index (χ2n) is 5.09. The standard InChI is InChI=1S/C12H18F6N2O/c1-2-6-20(7-8-4-3-5-19-8)10(21)9(11(13,14)15)12(16,17)18/h8-9,19H,2-7H2,1H3. The molecule has 1 rings (SSSR count). The Bertz CT molecular complexity index is 335. The van der Waals surface area contributed by atoms with E-state index in [1.807, 2.05) is 0 Å². The lowest BCUT2D eigenvalue weighted by Gasteiger charge is -2.31. The number of halogens is 6. The van der Waals surface area contributed by atoms with Gasteiger partial charge in [0, 0.05) is 19.1 Å². The molecule has 0 aromatic heterocycles. The van der Waals surface area contributed by atoms with Crippen molar-refractivity contribution in [1.29, 1.82) is 0 Å². The van der Waals surface area contributed by atoms with Crippen LogP contribution in [-0.2, 0) is 4.79 Å². The summed E-state index contributed by atoms with van der Waals surface area (Å²) in [5.74, 6) is -5.86. The van der Waals surface area contributed by atoms with Gasteiger partial charge in [-0.15, -0.1) is 0 Å². The van der Waals surface area contributed by atoms with Crippen LogP contribution in [-0.4, -0.2) is 48.8 Å². The summed E-state index contributed by atoms with van der Waals surface area (Å²) in [6, 6.07) is -0.248. The van der Waals surface area contributed by atoms with Crippen LogP contribution < -0.4 is 5.32 Å². The molecule has 1 amide bonds. The molecule has 0 aromatic carbocycles. The zero-order chi connectivity index (χ0) is 16.3. The van der Waals surface area contributed by atoms with E-state index < -0.39 is 24.2 Å². The zero-order valence-corrected chi connectivity index (χ0v) is 11.5. The lowest BCUT2D eigenvalue weighted by Crippen LogP contribution is -2.52. The Morgan fingerprint density at radius 1 is 1.24 bits per heavy atom. The van der Waals surface area contributed by atoms with Gasteiger partial charge in [-0.05, 0) is 25.8 Å². The molecule has 0 radical (unpaired) electrons. The number of amides is 1. The van der Waals surface area contributed by atoms with E-state index in [1.54, 1.807) is 6.92 Å². The molecule has 0 saturated carbocycles. The molecule has 1 aliphatic heterocycles. The predicted octanol–water partition coefficient (Wildman–Crippen LogP) is 2.72. The monoisotopic (exact) mass is 320 g/mol. The second-order valence-corrected chi connectivity index (χ2v) is 5.09. The highest BCUT2D eigenvalue weighted by atomic mass is 19.4. The molecule has 1 fully saturated rings. The molecule has 124 valence electrons. The average molecular weight is 320 g/mol. The number of hydrogen-bond donors (Lipinski definition) is 1. The fraction of sp³-hybridized carbons (Fsp3) is 0.917. The number of nitrogens with one attached hydrogen (secondary N) is 1. The van der Waals surface area contributed by atoms with Crippen LogP contribution in [0.1, 0.15) is 26.2 Å². The molecule has 1 saturated heterocycles. The normalized spacial score (nSPS) is 20.1. The van der Waals surface area contributed by atoms with Gasteiger partial charge in [0.1, 0.15) is 0 Å². The minimum Gasteiger partial charge on any atom is -0.340 e. The van der Waals surface area contributed by atoms with Gasteiger partial charge in [0.15, 0.2) is 0 Å². The number of nitrogens with zero attached hydrogens (tertiary/aromatic N) is 1. The Morgan fingerprint density at radius 3 is 2.19 bits per heavy atom. The topological polar surface area (TPSA) is 32.3 Å². The Morgan fingerprint density at radius 2 is 1.81 bits per heavy atom. The maximum Gasteiger partial charge on any atom is 0.409 e. The van der Waals surface area contributed by atoms with Gasteiger partial charge in [-0.1, -0.05) is 6.92 Å². The first kappa shape index (κ1) is 18.1. The van der Waals surface area contributed by atoms with Gasteiger partial charge in [0.05, 0.1) is 0 Å². The molecule has 0 aliphatic carbocycles. The van der Waals surface area contributed by atoms with E-state index in [1.165, 1.54) is 0 Å². The molecule has 1 atom stereocenters. The number of rotatable bonds is 5. The summed E-state index contributed by atoms with van der Waals surface area (Å²) in [7, 11) is 0. The quantitative estimate of drug-likeness (QED) is 0.790. The summed E-state index contributed by atoms with van der Waals surface area (Å²) in [5.41, 5.74) is 0. The number of carbonyl (C=O) groups is 1. The van der Waals surface area contributed by atoms with Gasteiger partial charge >= 0.3 is 12.4 Å². The summed E-state index contributed by atoms with van der Waals surface area (Å²) in [5, 5.41) is 2.96. The molecule has 0 bridgehead atoms. The van der Waals surface area contributed by atoms with E-state index in [2.05, 4.69) is 5.32 Å². The van der Waals surface area contributed by atoms with E-state index >= 15 is 0 Å². The van der Waals surface area contributed by atoms with Gasteiger partial charge in [0.25, 0.3) is 0 Å². The van der Waals surface area contributed by atoms with Crippen LogP contribution in [0.5, 0.6) is 0 Å². The van der Waals surface area contributed by atoms with Crippen LogP contribution in [0.4, 0.5) is 26.3 Å². The number of alkyl halides is 6. The summed E-state index contributed by atoms with van der Waals surface area (Å²) in [6.45, 7) is 1.99. The minimum absolute atomic E-state index is 0.125. The van der Waals surface area contributed by atoms with Gasteiger partial charge in [-0.2, -0.15) is 26.3 Å². The molecule has 1 unspecified atom stereocenters. The maximum atomic E-state index is 12.6. The largest absolute Gasteiger partial charge is 0.409 e. The van der Waals surface area contributed by atoms with Crippen molar-refractivity contribution in [1.82, 2.24) is 10.2 Å². The minimum atomic E-state index is -5.63. The van der Waals surface area contributed by atoms with Gasteiger partial charge < -0.3 is 10.2 Å². The van der Waals surface area contributed by atoms with E-state index in [9.17, 15) is 31.1 Å². The Hall–Kier alpha value is -0.990. The molecule has 3 nitrogen and oxygen atoms in total. The van der Waals surface area contributed by atoms with Gasteiger partial charge in [-0.25, -0.2) is 0 Å². The SMILES string of the molecule is CCCN(CC1CCCN1)C(=O)C(C(F)(F)F)C(F)(F)F. The molecule has 1 N–H and O–H groups in total. The highest BCUT2D eigenvalue weighted by Gasteiger charge is 2.62. The van der Waals surface area contributed by atoms with Crippen molar-refractivity contribution in [3.8, 4) is 0 Å². The number of carbonyl (C=O) groups excluding carboxylic acids is 1. The van der Waals surface area contributed by atoms with E-state index in [-0.39, 0.29) is 19.1 Å². The van der Waals surface area contributed by atoms with E-state index in [4.69, 9.17) is 0 Å². The van der Waals surface area contributed by atoms with Crippen LogP contribution in [0.25, 0.3) is 0 Å². The maximum absolute atomic E-state index is 12.6. The van der Waals surface area contributed by atoms with E-state index in [0.717, 1.165) is 6.42 Å². The Labute approximate surface area is 118 Å². The van der Waals surface area contributed by atoms with Crippen molar-refractivity contribution in [2.75, 3.05) is 19.6 Å². The lowest BCUT2D eigenvalue weighted by molar-refractivity contribution is -0.277. The molecule has 0 spiro atoms. The summed E-state index contributed by atoms with van der Waals surface area (Å²) in [6.07, 6.45) is -9.55. The van der Waals surface area contributed by atoms with Crippen molar-refractivity contribution in [2.45, 2.75) is 44.6 Å². The van der Waals surface area contributed by atoms with Crippen molar-refractivity contribution < 1.29 is 31.1 Å². The summed E-state index contributed by atoms with van der Waals surface area (Å²) in [4.78, 5) is 12.4. The smallest absolute Gasteiger partial charge is 0.340 e. The molecule has 1 heterocycles. The fourth-order valence-electron chi connectivity index (χ4n) is 2.39. The van der Waals surface area contributed by atoms with Crippen LogP contribution in [0.3, 0.4) is 0 Å². The Kier molecular flexibility index (Phi) is 5.89. The summed E-state index contributed by atoms with van der Waals surface area (Å²) < 4.78 is 75.6. The van der Waals surface area contributed by atoms with Crippen LogP contribution in [0, 0.1) is 5.92 Å². The first-order valence-corrected chi connectivity index (χ1v) is 6.73. The first-order valence-electron chi connectivity index (χ1n) is 6.73. The molecule has 21 heavy (non-hydrogen) atoms. The van der Waals surface area contributed by atoms with Crippen molar-refractivity contribution in [2.24, 2.45) is 5.92 Å². The summed E-state index contributed by atoms with van der Waals surface area (Å²) >= 11 is 0. The molecular weight excluding hydrogens is 302 g/mol. The third kappa shape index (κ3) is 5.05. The van der Waals surface area contributed by atoms with Crippen LogP contribution >= 0.6 is 0 Å². The zero-order valence-electron chi connectivity index (χ0n) is 11.5. The molecule has 1 aliphatic rings. The predicted molar refractivity (Wildman–Crippen MR) is 63.5 cm³/mol. The number of hydrogen-bond acceptors (Lipinski definition) is 2. The van der Waals surface area contributed by atoms with Gasteiger partial charge in [-0.3, -0.25) is 4.79 Å².